The zero-order valence-corrected chi connectivity index (χ0v) is 15.1. The number of hydrogen-bond acceptors (Lipinski definition) is 4. The van der Waals surface area contributed by atoms with Gasteiger partial charge >= 0.3 is 0 Å². The van der Waals surface area contributed by atoms with E-state index < -0.39 is 0 Å². The molecular weight excluding hydrogens is 320 g/mol. The van der Waals surface area contributed by atoms with E-state index in [1.807, 2.05) is 19.2 Å². The normalized spacial score (nSPS) is 15.8. The van der Waals surface area contributed by atoms with Crippen LogP contribution in [-0.2, 0) is 18.7 Å². The van der Waals surface area contributed by atoms with Crippen molar-refractivity contribution in [3.05, 3.63) is 59.0 Å². The fourth-order valence-electron chi connectivity index (χ4n) is 3.16. The number of furan rings is 1. The van der Waals surface area contributed by atoms with E-state index in [2.05, 4.69) is 34.5 Å². The van der Waals surface area contributed by atoms with Gasteiger partial charge in [-0.2, -0.15) is 11.8 Å². The zero-order valence-electron chi connectivity index (χ0n) is 14.2. The van der Waals surface area contributed by atoms with Gasteiger partial charge in [0, 0.05) is 25.7 Å². The number of thioether (sulfide) groups is 1. The van der Waals surface area contributed by atoms with Crippen molar-refractivity contribution in [2.45, 2.75) is 31.7 Å². The quantitative estimate of drug-likeness (QED) is 0.873. The molecule has 1 aliphatic heterocycles. The Kier molecular flexibility index (Phi) is 5.63. The first kappa shape index (κ1) is 17.1. The van der Waals surface area contributed by atoms with Gasteiger partial charge in [-0.25, -0.2) is 0 Å². The molecule has 0 fully saturated rings. The van der Waals surface area contributed by atoms with E-state index in [1.165, 1.54) is 11.1 Å². The first-order valence-corrected chi connectivity index (χ1v) is 9.72. The van der Waals surface area contributed by atoms with E-state index in [1.54, 1.807) is 17.8 Å². The number of carbonyl (C=O) groups excluding carboxylic acids is 1. The van der Waals surface area contributed by atoms with Crippen LogP contribution in [0.3, 0.4) is 0 Å². The van der Waals surface area contributed by atoms with Crippen molar-refractivity contribution in [3.8, 4) is 0 Å². The predicted molar refractivity (Wildman–Crippen MR) is 98.3 cm³/mol. The second-order valence-corrected chi connectivity index (χ2v) is 7.19. The lowest BCUT2D eigenvalue weighted by molar-refractivity contribution is 0.0897. The van der Waals surface area contributed by atoms with Crippen LogP contribution in [0.25, 0.3) is 0 Å². The van der Waals surface area contributed by atoms with Gasteiger partial charge in [-0.3, -0.25) is 9.69 Å². The molecule has 0 radical (unpaired) electrons. The van der Waals surface area contributed by atoms with E-state index >= 15 is 0 Å². The molecule has 1 aliphatic rings. The third-order valence-corrected chi connectivity index (χ3v) is 4.86. The molecule has 0 saturated carbocycles. The van der Waals surface area contributed by atoms with Crippen LogP contribution in [0.15, 0.2) is 40.8 Å². The summed E-state index contributed by atoms with van der Waals surface area (Å²) in [5.74, 6) is 1.89. The van der Waals surface area contributed by atoms with Gasteiger partial charge in [0.15, 0.2) is 5.76 Å². The van der Waals surface area contributed by atoms with Crippen molar-refractivity contribution < 1.29 is 9.21 Å². The monoisotopic (exact) mass is 344 g/mol. The van der Waals surface area contributed by atoms with E-state index in [0.717, 1.165) is 37.6 Å². The molecule has 1 aromatic heterocycles. The molecular formula is C19H24N2O2S. The molecule has 1 amide bonds. The van der Waals surface area contributed by atoms with Crippen molar-refractivity contribution >= 4 is 17.7 Å². The molecule has 2 heterocycles. The van der Waals surface area contributed by atoms with Gasteiger partial charge < -0.3 is 9.73 Å². The van der Waals surface area contributed by atoms with Crippen LogP contribution in [0.4, 0.5) is 0 Å². The molecule has 0 aliphatic carbocycles. The van der Waals surface area contributed by atoms with Gasteiger partial charge in [0.1, 0.15) is 5.76 Å². The molecule has 0 bridgehead atoms. The summed E-state index contributed by atoms with van der Waals surface area (Å²) in [5.41, 5.74) is 2.84. The molecule has 1 aromatic carbocycles. The van der Waals surface area contributed by atoms with Gasteiger partial charge in [-0.05, 0) is 42.9 Å². The molecule has 1 atom stereocenters. The number of amides is 1. The Morgan fingerprint density at radius 2 is 2.08 bits per heavy atom. The van der Waals surface area contributed by atoms with Crippen molar-refractivity contribution in [1.82, 2.24) is 10.2 Å². The van der Waals surface area contributed by atoms with Crippen LogP contribution in [0.2, 0.25) is 0 Å². The van der Waals surface area contributed by atoms with E-state index in [9.17, 15) is 4.79 Å². The maximum Gasteiger partial charge on any atom is 0.287 e. The summed E-state index contributed by atoms with van der Waals surface area (Å²) in [4.78, 5) is 14.7. The highest BCUT2D eigenvalue weighted by atomic mass is 32.2. The summed E-state index contributed by atoms with van der Waals surface area (Å²) in [6, 6.07) is 12.3. The van der Waals surface area contributed by atoms with Gasteiger partial charge in [0.05, 0.1) is 5.75 Å². The lowest BCUT2D eigenvalue weighted by Crippen LogP contribution is -2.43. The summed E-state index contributed by atoms with van der Waals surface area (Å²) >= 11 is 1.68. The van der Waals surface area contributed by atoms with Gasteiger partial charge in [0.2, 0.25) is 0 Å². The Bertz CT molecular complexity index is 698. The number of fused-ring (bicyclic) bond motifs is 1. The van der Waals surface area contributed by atoms with E-state index in [4.69, 9.17) is 4.42 Å². The molecule has 4 nitrogen and oxygen atoms in total. The third kappa shape index (κ3) is 4.22. The number of rotatable bonds is 6. The minimum absolute atomic E-state index is 0.0804. The maximum atomic E-state index is 12.3. The molecule has 128 valence electrons. The Balaban J connectivity index is 1.52. The van der Waals surface area contributed by atoms with Crippen LogP contribution >= 0.6 is 11.8 Å². The first-order valence-electron chi connectivity index (χ1n) is 8.33. The molecule has 1 N–H and O–H groups in total. The second-order valence-electron chi connectivity index (χ2n) is 6.33. The van der Waals surface area contributed by atoms with Crippen LogP contribution in [0, 0.1) is 0 Å². The third-order valence-electron chi connectivity index (χ3n) is 4.29. The second kappa shape index (κ2) is 7.90. The maximum absolute atomic E-state index is 12.3. The highest BCUT2D eigenvalue weighted by Gasteiger charge is 2.19. The molecule has 0 saturated heterocycles. The van der Waals surface area contributed by atoms with Crippen molar-refractivity contribution in [1.29, 1.82) is 0 Å². The fraction of sp³-hybridized carbons (Fsp3) is 0.421. The minimum atomic E-state index is -0.132. The van der Waals surface area contributed by atoms with Crippen molar-refractivity contribution in [3.63, 3.8) is 0 Å². The zero-order chi connectivity index (χ0) is 16.9. The first-order chi connectivity index (χ1) is 11.7. The lowest BCUT2D eigenvalue weighted by Gasteiger charge is -2.30. The molecule has 0 unspecified atom stereocenters. The van der Waals surface area contributed by atoms with Crippen LogP contribution in [0.5, 0.6) is 0 Å². The average molecular weight is 344 g/mol. The molecule has 3 rings (SSSR count). The molecule has 24 heavy (non-hydrogen) atoms. The van der Waals surface area contributed by atoms with Crippen molar-refractivity contribution in [2.75, 3.05) is 19.3 Å². The highest BCUT2D eigenvalue weighted by molar-refractivity contribution is 7.97. The smallest absolute Gasteiger partial charge is 0.287 e. The fourth-order valence-corrected chi connectivity index (χ4v) is 3.60. The Morgan fingerprint density at radius 1 is 1.29 bits per heavy atom. The molecule has 2 aromatic rings. The summed E-state index contributed by atoms with van der Waals surface area (Å²) in [7, 11) is 0. The SMILES string of the molecule is CSCc1ccc(C(=O)N[C@@H](C)CN2CCc3ccccc3C2)o1. The predicted octanol–water partition coefficient (Wildman–Crippen LogP) is 3.32. The number of carbonyl (C=O) groups is 1. The number of nitrogens with one attached hydrogen (secondary N) is 1. The summed E-state index contributed by atoms with van der Waals surface area (Å²) < 4.78 is 5.58. The standard InChI is InChI=1S/C19H24N2O2S/c1-14(20-19(22)18-8-7-17(23-18)13-24-2)11-21-10-9-15-5-3-4-6-16(15)12-21/h3-8,14H,9-13H2,1-2H3,(H,20,22)/t14-/m0/s1. The van der Waals surface area contributed by atoms with Gasteiger partial charge in [0.25, 0.3) is 5.91 Å². The Labute approximate surface area is 147 Å². The Morgan fingerprint density at radius 3 is 2.88 bits per heavy atom. The van der Waals surface area contributed by atoms with Crippen LogP contribution in [-0.4, -0.2) is 36.2 Å². The van der Waals surface area contributed by atoms with Gasteiger partial charge in [-0.15, -0.1) is 0 Å². The van der Waals surface area contributed by atoms with Crippen LogP contribution in [0.1, 0.15) is 34.4 Å². The Hall–Kier alpha value is -1.72. The molecule has 0 spiro atoms. The van der Waals surface area contributed by atoms with E-state index in [0.29, 0.717) is 5.76 Å². The summed E-state index contributed by atoms with van der Waals surface area (Å²) in [6.07, 6.45) is 3.09. The highest BCUT2D eigenvalue weighted by Crippen LogP contribution is 2.18. The van der Waals surface area contributed by atoms with E-state index in [-0.39, 0.29) is 11.9 Å². The number of hydrogen-bond donors (Lipinski definition) is 1. The van der Waals surface area contributed by atoms with Crippen LogP contribution < -0.4 is 5.32 Å². The number of nitrogens with zero attached hydrogens (tertiary/aromatic N) is 1. The van der Waals surface area contributed by atoms with Gasteiger partial charge in [-0.1, -0.05) is 24.3 Å². The lowest BCUT2D eigenvalue weighted by atomic mass is 10.00. The number of benzene rings is 1. The largest absolute Gasteiger partial charge is 0.455 e. The summed E-state index contributed by atoms with van der Waals surface area (Å²) in [5, 5.41) is 3.04. The molecule has 5 heteroatoms. The summed E-state index contributed by atoms with van der Waals surface area (Å²) in [6.45, 7) is 4.88. The van der Waals surface area contributed by atoms with Crippen molar-refractivity contribution in [2.24, 2.45) is 0 Å². The average Bonchev–Trinajstić information content (AvgIpc) is 3.04. The minimum Gasteiger partial charge on any atom is -0.455 e. The topological polar surface area (TPSA) is 45.5 Å².